The molecular formula is C13H14N2O5S. The predicted octanol–water partition coefficient (Wildman–Crippen LogP) is 1.99. The molecule has 112 valence electrons. The number of nitro benzene ring substituents is 1. The van der Waals surface area contributed by atoms with Crippen molar-refractivity contribution < 1.29 is 17.9 Å². The van der Waals surface area contributed by atoms with Gasteiger partial charge >= 0.3 is 0 Å². The Morgan fingerprint density at radius 1 is 1.10 bits per heavy atom. The summed E-state index contributed by atoms with van der Waals surface area (Å²) in [5.74, 6) is 0. The minimum absolute atomic E-state index is 0.380. The SMILES string of the molecule is NCc1ccccc1.O=[N+]([O-])c1cccc(S(=O)(=O)O)c1. The molecule has 2 rings (SSSR count). The first-order valence-corrected chi connectivity index (χ1v) is 7.24. The van der Waals surface area contributed by atoms with Crippen LogP contribution in [-0.2, 0) is 16.7 Å². The van der Waals surface area contributed by atoms with Crippen LogP contribution in [0.25, 0.3) is 0 Å². The van der Waals surface area contributed by atoms with E-state index in [1.807, 2.05) is 30.3 Å². The summed E-state index contributed by atoms with van der Waals surface area (Å²) in [6.07, 6.45) is 0. The van der Waals surface area contributed by atoms with E-state index in [-0.39, 0.29) is 5.69 Å². The molecule has 0 unspecified atom stereocenters. The van der Waals surface area contributed by atoms with E-state index in [2.05, 4.69) is 0 Å². The summed E-state index contributed by atoms with van der Waals surface area (Å²) >= 11 is 0. The second-order valence-corrected chi connectivity index (χ2v) is 5.34. The Morgan fingerprint density at radius 3 is 2.14 bits per heavy atom. The summed E-state index contributed by atoms with van der Waals surface area (Å²) < 4.78 is 29.6. The maximum atomic E-state index is 10.5. The Labute approximate surface area is 121 Å². The van der Waals surface area contributed by atoms with Gasteiger partial charge in [0.15, 0.2) is 0 Å². The topological polar surface area (TPSA) is 124 Å². The fraction of sp³-hybridized carbons (Fsp3) is 0.0769. The Balaban J connectivity index is 0.000000235. The highest BCUT2D eigenvalue weighted by Crippen LogP contribution is 2.16. The molecule has 0 aliphatic heterocycles. The largest absolute Gasteiger partial charge is 0.326 e. The lowest BCUT2D eigenvalue weighted by molar-refractivity contribution is -0.385. The molecule has 0 saturated carbocycles. The zero-order valence-electron chi connectivity index (χ0n) is 10.9. The first kappa shape index (κ1) is 16.8. The molecule has 3 N–H and O–H groups in total. The third-order valence-corrected chi connectivity index (χ3v) is 3.25. The van der Waals surface area contributed by atoms with E-state index < -0.39 is 19.9 Å². The molecule has 0 aromatic heterocycles. The van der Waals surface area contributed by atoms with E-state index in [1.165, 1.54) is 11.6 Å². The first-order chi connectivity index (χ1) is 9.84. The number of hydrogen-bond acceptors (Lipinski definition) is 5. The van der Waals surface area contributed by atoms with Crippen LogP contribution in [0.15, 0.2) is 59.5 Å². The molecule has 0 fully saturated rings. The molecule has 0 spiro atoms. The summed E-state index contributed by atoms with van der Waals surface area (Å²) in [7, 11) is -4.36. The monoisotopic (exact) mass is 310 g/mol. The van der Waals surface area contributed by atoms with Crippen molar-refractivity contribution in [2.75, 3.05) is 0 Å². The molecule has 0 radical (unpaired) electrons. The highest BCUT2D eigenvalue weighted by Gasteiger charge is 2.13. The predicted molar refractivity (Wildman–Crippen MR) is 77.2 cm³/mol. The van der Waals surface area contributed by atoms with Gasteiger partial charge in [-0.05, 0) is 11.6 Å². The van der Waals surface area contributed by atoms with Gasteiger partial charge < -0.3 is 5.73 Å². The second kappa shape index (κ2) is 7.48. The Hall–Kier alpha value is -2.29. The van der Waals surface area contributed by atoms with Crippen molar-refractivity contribution in [1.29, 1.82) is 0 Å². The molecule has 8 heteroatoms. The maximum absolute atomic E-state index is 10.5. The molecule has 0 saturated heterocycles. The van der Waals surface area contributed by atoms with Crippen molar-refractivity contribution in [2.24, 2.45) is 5.73 Å². The molecule has 0 bridgehead atoms. The van der Waals surface area contributed by atoms with Gasteiger partial charge in [-0.15, -0.1) is 0 Å². The minimum atomic E-state index is -4.36. The summed E-state index contributed by atoms with van der Waals surface area (Å²) in [6.45, 7) is 0.640. The molecule has 2 aromatic rings. The summed E-state index contributed by atoms with van der Waals surface area (Å²) in [6, 6.07) is 14.2. The number of benzene rings is 2. The third kappa shape index (κ3) is 5.69. The molecule has 7 nitrogen and oxygen atoms in total. The second-order valence-electron chi connectivity index (χ2n) is 3.92. The Morgan fingerprint density at radius 2 is 1.71 bits per heavy atom. The standard InChI is InChI=1S/C7H9N.C6H5NO5S/c8-6-7-4-2-1-3-5-7;8-7(9)5-2-1-3-6(4-5)13(10,11)12/h1-5H,6,8H2;1-4H,(H,10,11,12). The fourth-order valence-corrected chi connectivity index (χ4v) is 1.89. The van der Waals surface area contributed by atoms with E-state index in [0.717, 1.165) is 18.2 Å². The van der Waals surface area contributed by atoms with E-state index >= 15 is 0 Å². The van der Waals surface area contributed by atoms with Crippen LogP contribution in [0.1, 0.15) is 5.56 Å². The van der Waals surface area contributed by atoms with E-state index in [9.17, 15) is 18.5 Å². The van der Waals surface area contributed by atoms with Crippen LogP contribution in [-0.4, -0.2) is 17.9 Å². The normalized spacial score (nSPS) is 10.4. The summed E-state index contributed by atoms with van der Waals surface area (Å²) in [5, 5.41) is 10.2. The Kier molecular flexibility index (Phi) is 5.97. The number of rotatable bonds is 3. The zero-order valence-corrected chi connectivity index (χ0v) is 11.7. The first-order valence-electron chi connectivity index (χ1n) is 5.80. The molecule has 0 aliphatic carbocycles. The maximum Gasteiger partial charge on any atom is 0.294 e. The van der Waals surface area contributed by atoms with Crippen molar-refractivity contribution >= 4 is 15.8 Å². The molecule has 0 aliphatic rings. The van der Waals surface area contributed by atoms with Crippen LogP contribution in [0, 0.1) is 10.1 Å². The highest BCUT2D eigenvalue weighted by molar-refractivity contribution is 7.85. The third-order valence-electron chi connectivity index (χ3n) is 2.40. The molecule has 21 heavy (non-hydrogen) atoms. The van der Waals surface area contributed by atoms with E-state index in [0.29, 0.717) is 6.54 Å². The van der Waals surface area contributed by atoms with Crippen LogP contribution >= 0.6 is 0 Å². The zero-order chi connectivity index (χ0) is 15.9. The van der Waals surface area contributed by atoms with Gasteiger partial charge in [-0.1, -0.05) is 36.4 Å². The number of nitro groups is 1. The lowest BCUT2D eigenvalue weighted by Gasteiger charge is -1.95. The van der Waals surface area contributed by atoms with Gasteiger partial charge in [-0.3, -0.25) is 14.7 Å². The minimum Gasteiger partial charge on any atom is -0.326 e. The number of non-ortho nitro benzene ring substituents is 1. The summed E-state index contributed by atoms with van der Waals surface area (Å²) in [5.41, 5.74) is 6.16. The summed E-state index contributed by atoms with van der Waals surface area (Å²) in [4.78, 5) is 8.98. The van der Waals surface area contributed by atoms with Crippen molar-refractivity contribution in [2.45, 2.75) is 11.4 Å². The van der Waals surface area contributed by atoms with Crippen molar-refractivity contribution in [3.63, 3.8) is 0 Å². The van der Waals surface area contributed by atoms with Gasteiger partial charge in [0.2, 0.25) is 0 Å². The van der Waals surface area contributed by atoms with Crippen molar-refractivity contribution in [3.8, 4) is 0 Å². The van der Waals surface area contributed by atoms with Crippen LogP contribution in [0.4, 0.5) is 5.69 Å². The van der Waals surface area contributed by atoms with Crippen LogP contribution in [0.3, 0.4) is 0 Å². The molecule has 0 amide bonds. The highest BCUT2D eigenvalue weighted by atomic mass is 32.2. The van der Waals surface area contributed by atoms with Gasteiger partial charge in [-0.25, -0.2) is 0 Å². The lowest BCUT2D eigenvalue weighted by Crippen LogP contribution is -1.98. The van der Waals surface area contributed by atoms with E-state index in [4.69, 9.17) is 10.3 Å². The molecule has 0 atom stereocenters. The molecule has 2 aromatic carbocycles. The lowest BCUT2D eigenvalue weighted by atomic mass is 10.2. The number of nitrogens with two attached hydrogens (primary N) is 1. The fourth-order valence-electron chi connectivity index (χ4n) is 1.37. The van der Waals surface area contributed by atoms with Crippen molar-refractivity contribution in [3.05, 3.63) is 70.3 Å². The van der Waals surface area contributed by atoms with Gasteiger partial charge in [-0.2, -0.15) is 8.42 Å². The average molecular weight is 310 g/mol. The molecule has 0 heterocycles. The van der Waals surface area contributed by atoms with Gasteiger partial charge in [0, 0.05) is 18.7 Å². The Bertz CT molecular complexity index is 702. The van der Waals surface area contributed by atoms with Gasteiger partial charge in [0.05, 0.1) is 4.92 Å². The molecular weight excluding hydrogens is 296 g/mol. The van der Waals surface area contributed by atoms with Crippen molar-refractivity contribution in [1.82, 2.24) is 0 Å². The quantitative estimate of drug-likeness (QED) is 0.507. The van der Waals surface area contributed by atoms with E-state index in [1.54, 1.807) is 0 Å². The smallest absolute Gasteiger partial charge is 0.294 e. The van der Waals surface area contributed by atoms with Gasteiger partial charge in [0.1, 0.15) is 4.90 Å². The number of nitrogens with zero attached hydrogens (tertiary/aromatic N) is 1. The van der Waals surface area contributed by atoms with Crippen LogP contribution < -0.4 is 5.73 Å². The number of hydrogen-bond donors (Lipinski definition) is 2. The average Bonchev–Trinajstić information content (AvgIpc) is 2.48. The van der Waals surface area contributed by atoms with Crippen LogP contribution in [0.5, 0.6) is 0 Å². The van der Waals surface area contributed by atoms with Gasteiger partial charge in [0.25, 0.3) is 15.8 Å². The van der Waals surface area contributed by atoms with Crippen LogP contribution in [0.2, 0.25) is 0 Å².